The topological polar surface area (TPSA) is 58.5 Å². The zero-order valence-electron chi connectivity index (χ0n) is 13.3. The number of hydrogen-bond acceptors (Lipinski definition) is 2. The van der Waals surface area contributed by atoms with Gasteiger partial charge < -0.3 is 5.32 Å². The molecule has 0 aromatic carbocycles. The predicted octanol–water partition coefficient (Wildman–Crippen LogP) is 3.21. The van der Waals surface area contributed by atoms with E-state index in [0.29, 0.717) is 18.1 Å². The van der Waals surface area contributed by atoms with E-state index in [2.05, 4.69) is 16.4 Å². The number of rotatable bonds is 2. The van der Waals surface area contributed by atoms with Crippen molar-refractivity contribution in [2.75, 3.05) is 0 Å². The Morgan fingerprint density at radius 2 is 2.04 bits per heavy atom. The third-order valence-corrected chi connectivity index (χ3v) is 5.46. The number of carbonyl (C=O) groups is 2. The van der Waals surface area contributed by atoms with Crippen molar-refractivity contribution in [2.45, 2.75) is 51.4 Å². The van der Waals surface area contributed by atoms with Gasteiger partial charge in [-0.25, -0.2) is 4.99 Å². The highest BCUT2D eigenvalue weighted by Crippen LogP contribution is 2.39. The molecule has 1 fully saturated rings. The van der Waals surface area contributed by atoms with Crippen molar-refractivity contribution in [3.8, 4) is 0 Å². The lowest BCUT2D eigenvalue weighted by Crippen LogP contribution is -2.35. The fourth-order valence-electron chi connectivity index (χ4n) is 4.31. The molecule has 4 heteroatoms. The summed E-state index contributed by atoms with van der Waals surface area (Å²) >= 11 is 0. The van der Waals surface area contributed by atoms with Crippen molar-refractivity contribution >= 4 is 17.5 Å². The molecule has 0 radical (unpaired) electrons. The molecule has 1 N–H and O–H groups in total. The first-order valence-corrected chi connectivity index (χ1v) is 8.75. The molecule has 0 spiro atoms. The molecule has 0 aromatic rings. The van der Waals surface area contributed by atoms with Gasteiger partial charge in [-0.2, -0.15) is 0 Å². The second kappa shape index (κ2) is 5.91. The van der Waals surface area contributed by atoms with E-state index in [0.717, 1.165) is 43.4 Å². The van der Waals surface area contributed by atoms with Crippen molar-refractivity contribution in [3.05, 3.63) is 35.1 Å². The van der Waals surface area contributed by atoms with E-state index in [1.807, 2.05) is 12.2 Å². The standard InChI is InChI=1S/C19H22N2O2/c22-18(10-12-4-1-2-5-12)20-13-8-9-15-14-6-3-7-16(14)19(23)21-17(15)11-13/h8-9,11-12,15H,1-7,10H2,(H,21,23). The normalized spacial score (nSPS) is 28.7. The van der Waals surface area contributed by atoms with E-state index in [1.165, 1.54) is 18.4 Å². The van der Waals surface area contributed by atoms with Crippen molar-refractivity contribution in [1.29, 1.82) is 0 Å². The van der Waals surface area contributed by atoms with Crippen LogP contribution >= 0.6 is 0 Å². The van der Waals surface area contributed by atoms with Gasteiger partial charge in [0.15, 0.2) is 0 Å². The van der Waals surface area contributed by atoms with Crippen molar-refractivity contribution < 1.29 is 9.59 Å². The van der Waals surface area contributed by atoms with E-state index >= 15 is 0 Å². The number of carbonyl (C=O) groups excluding carboxylic acids is 2. The molecule has 3 aliphatic carbocycles. The molecule has 1 unspecified atom stereocenters. The van der Waals surface area contributed by atoms with Crippen molar-refractivity contribution in [3.63, 3.8) is 0 Å². The van der Waals surface area contributed by atoms with Crippen LogP contribution in [0.3, 0.4) is 0 Å². The molecule has 0 aromatic heterocycles. The first-order chi connectivity index (χ1) is 11.2. The van der Waals surface area contributed by atoms with Gasteiger partial charge in [-0.1, -0.05) is 18.9 Å². The van der Waals surface area contributed by atoms with Crippen LogP contribution in [-0.2, 0) is 9.59 Å². The van der Waals surface area contributed by atoms with E-state index in [-0.39, 0.29) is 17.7 Å². The molecule has 23 heavy (non-hydrogen) atoms. The Balaban J connectivity index is 1.51. The predicted molar refractivity (Wildman–Crippen MR) is 88.7 cm³/mol. The van der Waals surface area contributed by atoms with E-state index < -0.39 is 0 Å². The fourth-order valence-corrected chi connectivity index (χ4v) is 4.31. The zero-order valence-corrected chi connectivity index (χ0v) is 13.3. The third-order valence-electron chi connectivity index (χ3n) is 5.46. The minimum absolute atomic E-state index is 0.0326. The lowest BCUT2D eigenvalue weighted by molar-refractivity contribution is -0.119. The summed E-state index contributed by atoms with van der Waals surface area (Å²) in [4.78, 5) is 28.5. The Hall–Kier alpha value is -1.97. The maximum absolute atomic E-state index is 12.1. The minimum atomic E-state index is -0.0326. The number of aliphatic imine (C=N–C) groups is 1. The van der Waals surface area contributed by atoms with Gasteiger partial charge in [-0.15, -0.1) is 0 Å². The highest BCUT2D eigenvalue weighted by atomic mass is 16.2. The van der Waals surface area contributed by atoms with Crippen LogP contribution in [-0.4, -0.2) is 17.5 Å². The Kier molecular flexibility index (Phi) is 3.76. The molecular weight excluding hydrogens is 288 g/mol. The van der Waals surface area contributed by atoms with E-state index in [9.17, 15) is 9.59 Å². The van der Waals surface area contributed by atoms with Gasteiger partial charge >= 0.3 is 0 Å². The van der Waals surface area contributed by atoms with Crippen LogP contribution in [0.5, 0.6) is 0 Å². The number of allylic oxidation sites excluding steroid dienone is 3. The second-order valence-electron chi connectivity index (χ2n) is 7.03. The number of nitrogens with one attached hydrogen (secondary N) is 1. The van der Waals surface area contributed by atoms with E-state index in [4.69, 9.17) is 0 Å². The lowest BCUT2D eigenvalue weighted by atomic mass is 9.85. The van der Waals surface area contributed by atoms with Crippen LogP contribution in [0.15, 0.2) is 40.1 Å². The Morgan fingerprint density at radius 3 is 2.87 bits per heavy atom. The van der Waals surface area contributed by atoms with Gasteiger partial charge in [0.25, 0.3) is 5.91 Å². The average Bonchev–Trinajstić information content (AvgIpc) is 3.18. The SMILES string of the molecule is O=C(CC1CCCC1)N=C1C=CC2C(=C1)NC(=O)C1=C2CCC1. The molecule has 1 atom stereocenters. The molecule has 4 nitrogen and oxygen atoms in total. The van der Waals surface area contributed by atoms with Crippen LogP contribution in [0.25, 0.3) is 0 Å². The third kappa shape index (κ3) is 2.82. The molecule has 120 valence electrons. The average molecular weight is 310 g/mol. The summed E-state index contributed by atoms with van der Waals surface area (Å²) in [6, 6.07) is 0. The molecule has 4 rings (SSSR count). The summed E-state index contributed by atoms with van der Waals surface area (Å²) in [6.45, 7) is 0. The van der Waals surface area contributed by atoms with Crippen LogP contribution < -0.4 is 5.32 Å². The maximum atomic E-state index is 12.1. The minimum Gasteiger partial charge on any atom is -0.325 e. The highest BCUT2D eigenvalue weighted by Gasteiger charge is 2.34. The molecular formula is C19H22N2O2. The number of fused-ring (bicyclic) bond motifs is 2. The lowest BCUT2D eigenvalue weighted by Gasteiger charge is -2.28. The smallest absolute Gasteiger partial charge is 0.251 e. The van der Waals surface area contributed by atoms with Gasteiger partial charge in [-0.3, -0.25) is 9.59 Å². The van der Waals surface area contributed by atoms with Crippen LogP contribution in [0.1, 0.15) is 51.4 Å². The van der Waals surface area contributed by atoms with Crippen molar-refractivity contribution in [1.82, 2.24) is 5.32 Å². The van der Waals surface area contributed by atoms with Crippen LogP contribution in [0, 0.1) is 11.8 Å². The summed E-state index contributed by atoms with van der Waals surface area (Å²) in [5, 5.41) is 2.99. The molecule has 0 saturated heterocycles. The highest BCUT2D eigenvalue weighted by molar-refractivity contribution is 6.11. The number of amides is 2. The van der Waals surface area contributed by atoms with E-state index in [1.54, 1.807) is 0 Å². The van der Waals surface area contributed by atoms with Gasteiger partial charge in [-0.05, 0) is 55.7 Å². The number of nitrogens with zero attached hydrogens (tertiary/aromatic N) is 1. The molecule has 4 aliphatic rings. The first-order valence-electron chi connectivity index (χ1n) is 8.75. The maximum Gasteiger partial charge on any atom is 0.251 e. The van der Waals surface area contributed by atoms with Gasteiger partial charge in [0.1, 0.15) is 0 Å². The Labute approximate surface area is 136 Å². The first kappa shape index (κ1) is 14.6. The number of hydrogen-bond donors (Lipinski definition) is 1. The second-order valence-corrected chi connectivity index (χ2v) is 7.03. The Morgan fingerprint density at radius 1 is 1.22 bits per heavy atom. The summed E-state index contributed by atoms with van der Waals surface area (Å²) in [6.07, 6.45) is 14.2. The van der Waals surface area contributed by atoms with Crippen LogP contribution in [0.2, 0.25) is 0 Å². The quantitative estimate of drug-likeness (QED) is 0.851. The van der Waals surface area contributed by atoms with Gasteiger partial charge in [0, 0.05) is 23.6 Å². The van der Waals surface area contributed by atoms with Crippen LogP contribution in [0.4, 0.5) is 0 Å². The molecule has 2 amide bonds. The largest absolute Gasteiger partial charge is 0.325 e. The summed E-state index contributed by atoms with van der Waals surface area (Å²) in [5.74, 6) is 0.691. The molecule has 1 saturated carbocycles. The summed E-state index contributed by atoms with van der Waals surface area (Å²) in [7, 11) is 0. The fraction of sp³-hybridized carbons (Fsp3) is 0.526. The van der Waals surface area contributed by atoms with Gasteiger partial charge in [0.05, 0.1) is 5.71 Å². The van der Waals surface area contributed by atoms with Crippen molar-refractivity contribution in [2.24, 2.45) is 16.8 Å². The Bertz CT molecular complexity index is 675. The monoisotopic (exact) mass is 310 g/mol. The summed E-state index contributed by atoms with van der Waals surface area (Å²) < 4.78 is 0. The van der Waals surface area contributed by atoms with Gasteiger partial charge in [0.2, 0.25) is 5.91 Å². The zero-order chi connectivity index (χ0) is 15.8. The molecule has 1 aliphatic heterocycles. The molecule has 1 heterocycles. The summed E-state index contributed by atoms with van der Waals surface area (Å²) in [5.41, 5.74) is 3.77. The molecule has 0 bridgehead atoms.